The highest BCUT2D eigenvalue weighted by Gasteiger charge is 2.52. The smallest absolute Gasteiger partial charge is 0.176 e. The van der Waals surface area contributed by atoms with Gasteiger partial charge in [0.2, 0.25) is 0 Å². The van der Waals surface area contributed by atoms with Crippen molar-refractivity contribution in [1.29, 1.82) is 0 Å². The number of aliphatic hydroxyl groups is 4. The second-order valence-corrected chi connectivity index (χ2v) is 8.98. The van der Waals surface area contributed by atoms with Gasteiger partial charge in [0, 0.05) is 14.2 Å². The van der Waals surface area contributed by atoms with Crippen LogP contribution in [0.4, 0.5) is 0 Å². The van der Waals surface area contributed by atoms with E-state index in [-0.39, 0.29) is 6.61 Å². The molecule has 0 radical (unpaired) electrons. The van der Waals surface area contributed by atoms with E-state index in [4.69, 9.17) is 23.7 Å². The van der Waals surface area contributed by atoms with Crippen LogP contribution in [0.25, 0.3) is 0 Å². The van der Waals surface area contributed by atoms with Crippen molar-refractivity contribution in [3.05, 3.63) is 0 Å². The Morgan fingerprint density at radius 1 is 0.794 bits per heavy atom. The van der Waals surface area contributed by atoms with Crippen molar-refractivity contribution in [2.24, 2.45) is 0 Å². The van der Waals surface area contributed by atoms with E-state index in [9.17, 15) is 20.4 Å². The van der Waals surface area contributed by atoms with Gasteiger partial charge in [-0.25, -0.2) is 0 Å². The van der Waals surface area contributed by atoms with Crippen molar-refractivity contribution in [2.75, 3.05) is 47.1 Å². The van der Waals surface area contributed by atoms with E-state index in [0.29, 0.717) is 6.54 Å². The number of ether oxygens (including phenoxy) is 5. The zero-order valence-electron chi connectivity index (χ0n) is 21.2. The van der Waals surface area contributed by atoms with Crippen LogP contribution in [0.5, 0.6) is 0 Å². The summed E-state index contributed by atoms with van der Waals surface area (Å²) in [5.74, 6) is 0. The maximum absolute atomic E-state index is 11.5. The number of rotatable bonds is 14. The summed E-state index contributed by atoms with van der Waals surface area (Å²) in [5, 5.41) is 45.5. The minimum absolute atomic E-state index is 0.377. The largest absolute Gasteiger partial charge is 0.394 e. The second-order valence-electron chi connectivity index (χ2n) is 8.98. The van der Waals surface area contributed by atoms with Crippen molar-refractivity contribution in [3.63, 3.8) is 0 Å². The molecule has 0 aliphatic carbocycles. The van der Waals surface area contributed by atoms with Crippen LogP contribution in [0.3, 0.4) is 0 Å². The third kappa shape index (κ3) is 6.86. The Morgan fingerprint density at radius 2 is 1.38 bits per heavy atom. The fourth-order valence-corrected chi connectivity index (χ4v) is 4.95. The molecule has 2 aliphatic heterocycles. The molecule has 10 atom stereocenters. The molecule has 0 aromatic heterocycles. The SMILES string of the molecule is CCCNC1C(OC2C(CO)OC(OC)C(N(CCC)CCC)C2O)OC(CO)C(OC)C1O. The Bertz CT molecular complexity index is 555. The number of nitrogens with zero attached hydrogens (tertiary/aromatic N) is 1. The third-order valence-corrected chi connectivity index (χ3v) is 6.54. The first-order valence-corrected chi connectivity index (χ1v) is 12.5. The molecule has 2 heterocycles. The van der Waals surface area contributed by atoms with Gasteiger partial charge in [-0.15, -0.1) is 0 Å². The molecule has 0 amide bonds. The lowest BCUT2D eigenvalue weighted by Gasteiger charge is -2.50. The van der Waals surface area contributed by atoms with Crippen LogP contribution >= 0.6 is 0 Å². The zero-order chi connectivity index (χ0) is 25.3. The van der Waals surface area contributed by atoms with E-state index >= 15 is 0 Å². The highest BCUT2D eigenvalue weighted by Crippen LogP contribution is 2.32. The van der Waals surface area contributed by atoms with Gasteiger partial charge in [0.1, 0.15) is 36.6 Å². The molecule has 2 rings (SSSR count). The summed E-state index contributed by atoms with van der Waals surface area (Å²) in [5.41, 5.74) is 0. The van der Waals surface area contributed by atoms with Gasteiger partial charge in [-0.1, -0.05) is 20.8 Å². The van der Waals surface area contributed by atoms with Gasteiger partial charge in [-0.3, -0.25) is 4.90 Å². The predicted molar refractivity (Wildman–Crippen MR) is 124 cm³/mol. The molecule has 2 fully saturated rings. The summed E-state index contributed by atoms with van der Waals surface area (Å²) in [6.45, 7) is 7.40. The summed E-state index contributed by atoms with van der Waals surface area (Å²) in [6, 6.07) is -1.20. The van der Waals surface area contributed by atoms with Gasteiger partial charge in [0.05, 0.1) is 25.3 Å². The van der Waals surface area contributed by atoms with Crippen LogP contribution in [0, 0.1) is 0 Å². The van der Waals surface area contributed by atoms with E-state index in [0.717, 1.165) is 32.4 Å². The molecule has 0 bridgehead atoms. The molecule has 0 saturated carbocycles. The quantitative estimate of drug-likeness (QED) is 0.204. The first-order valence-electron chi connectivity index (χ1n) is 12.5. The lowest BCUT2D eigenvalue weighted by atomic mass is 9.93. The lowest BCUT2D eigenvalue weighted by Crippen LogP contribution is -2.69. The Morgan fingerprint density at radius 3 is 1.88 bits per heavy atom. The molecular formula is C23H46N2O9. The average molecular weight is 495 g/mol. The first kappa shape index (κ1) is 29.8. The molecule has 202 valence electrons. The monoisotopic (exact) mass is 494 g/mol. The highest BCUT2D eigenvalue weighted by molar-refractivity contribution is 4.99. The molecule has 10 unspecified atom stereocenters. The summed E-state index contributed by atoms with van der Waals surface area (Å²) >= 11 is 0. The molecule has 0 spiro atoms. The van der Waals surface area contributed by atoms with Gasteiger partial charge < -0.3 is 49.4 Å². The van der Waals surface area contributed by atoms with Crippen molar-refractivity contribution in [2.45, 2.75) is 101 Å². The molecule has 0 aromatic carbocycles. The second kappa shape index (κ2) is 15.0. The molecule has 2 aliphatic rings. The summed E-state index contributed by atoms with van der Waals surface area (Å²) in [7, 11) is 2.96. The van der Waals surface area contributed by atoms with Crippen LogP contribution in [-0.2, 0) is 23.7 Å². The summed E-state index contributed by atoms with van der Waals surface area (Å²) < 4.78 is 29.2. The minimum atomic E-state index is -1.06. The van der Waals surface area contributed by atoms with Crippen molar-refractivity contribution in [3.8, 4) is 0 Å². The molecule has 5 N–H and O–H groups in total. The maximum Gasteiger partial charge on any atom is 0.176 e. The Kier molecular flexibility index (Phi) is 13.1. The average Bonchev–Trinajstić information content (AvgIpc) is 2.84. The fourth-order valence-electron chi connectivity index (χ4n) is 4.95. The molecule has 34 heavy (non-hydrogen) atoms. The zero-order valence-corrected chi connectivity index (χ0v) is 21.2. The molecule has 11 heteroatoms. The Balaban J connectivity index is 2.33. The molecular weight excluding hydrogens is 448 g/mol. The number of nitrogens with one attached hydrogen (secondary N) is 1. The van der Waals surface area contributed by atoms with E-state index in [1.807, 2.05) is 6.92 Å². The highest BCUT2D eigenvalue weighted by atomic mass is 16.7. The third-order valence-electron chi connectivity index (χ3n) is 6.54. The van der Waals surface area contributed by atoms with Crippen LogP contribution in [-0.4, -0.2) is 134 Å². The summed E-state index contributed by atoms with van der Waals surface area (Å²) in [6.07, 6.45) is -4.69. The number of hydrogen-bond acceptors (Lipinski definition) is 11. The van der Waals surface area contributed by atoms with Crippen LogP contribution in [0.1, 0.15) is 40.0 Å². The number of methoxy groups -OCH3 is 2. The Hall–Kier alpha value is -0.440. The molecule has 2 saturated heterocycles. The van der Waals surface area contributed by atoms with Crippen LogP contribution in [0.15, 0.2) is 0 Å². The number of aliphatic hydroxyl groups excluding tert-OH is 4. The number of hydrogen-bond donors (Lipinski definition) is 5. The standard InChI is InChI=1S/C23H46N2O9/c1-6-9-24-16-18(28)20(30-4)14(12-26)32-22(16)34-21-15(13-27)33-23(31-5)17(19(21)29)25(10-7-2)11-8-3/h14-24,26-29H,6-13H2,1-5H3. The first-order chi connectivity index (χ1) is 16.4. The summed E-state index contributed by atoms with van der Waals surface area (Å²) in [4.78, 5) is 2.11. The van der Waals surface area contributed by atoms with E-state index in [1.165, 1.54) is 14.2 Å². The lowest BCUT2D eigenvalue weighted by molar-refractivity contribution is -0.339. The van der Waals surface area contributed by atoms with Crippen molar-refractivity contribution < 1.29 is 44.1 Å². The van der Waals surface area contributed by atoms with Crippen LogP contribution in [0.2, 0.25) is 0 Å². The van der Waals surface area contributed by atoms with Crippen molar-refractivity contribution >= 4 is 0 Å². The normalized spacial score (nSPS) is 39.0. The van der Waals surface area contributed by atoms with Crippen LogP contribution < -0.4 is 5.32 Å². The van der Waals surface area contributed by atoms with Gasteiger partial charge in [-0.2, -0.15) is 0 Å². The van der Waals surface area contributed by atoms with E-state index < -0.39 is 67.9 Å². The fraction of sp³-hybridized carbons (Fsp3) is 1.00. The maximum atomic E-state index is 11.5. The Labute approximate surface area is 203 Å². The minimum Gasteiger partial charge on any atom is -0.394 e. The van der Waals surface area contributed by atoms with Crippen molar-refractivity contribution in [1.82, 2.24) is 10.2 Å². The van der Waals surface area contributed by atoms with E-state index in [2.05, 4.69) is 24.1 Å². The molecule has 0 aromatic rings. The van der Waals surface area contributed by atoms with Gasteiger partial charge >= 0.3 is 0 Å². The topological polar surface area (TPSA) is 142 Å². The van der Waals surface area contributed by atoms with Gasteiger partial charge in [0.25, 0.3) is 0 Å². The van der Waals surface area contributed by atoms with Gasteiger partial charge in [-0.05, 0) is 38.9 Å². The molecule has 11 nitrogen and oxygen atoms in total. The predicted octanol–water partition coefficient (Wildman–Crippen LogP) is -0.952. The van der Waals surface area contributed by atoms with Gasteiger partial charge in [0.15, 0.2) is 12.6 Å². The van der Waals surface area contributed by atoms with E-state index in [1.54, 1.807) is 0 Å².